The second-order valence-electron chi connectivity index (χ2n) is 9.83. The number of thioether (sulfide) groups is 1. The van der Waals surface area contributed by atoms with Crippen LogP contribution in [0.4, 0.5) is 0 Å². The Labute approximate surface area is 250 Å². The molecule has 0 spiro atoms. The number of carbonyl (C=O) groups excluding carboxylic acids is 2. The molecule has 1 saturated heterocycles. The molecular formula is C31H36N4O6S. The zero-order valence-corrected chi connectivity index (χ0v) is 24.9. The Balaban J connectivity index is 1.51. The monoisotopic (exact) mass is 592 g/mol. The van der Waals surface area contributed by atoms with E-state index in [9.17, 15) is 9.59 Å². The quantitative estimate of drug-likeness (QED) is 0.390. The first-order chi connectivity index (χ1) is 20.5. The Morgan fingerprint density at radius 3 is 2.60 bits per heavy atom. The predicted molar refractivity (Wildman–Crippen MR) is 162 cm³/mol. The molecule has 0 radical (unpaired) electrons. The fraction of sp³-hybridized carbons (Fsp3) is 0.387. The second-order valence-corrected chi connectivity index (χ2v) is 10.7. The number of morpholine rings is 1. The van der Waals surface area contributed by atoms with Crippen LogP contribution in [0.3, 0.4) is 0 Å². The summed E-state index contributed by atoms with van der Waals surface area (Å²) in [5.41, 5.74) is 3.15. The summed E-state index contributed by atoms with van der Waals surface area (Å²) in [6.45, 7) is 6.45. The highest BCUT2D eigenvalue weighted by molar-refractivity contribution is 8.16. The minimum Gasteiger partial charge on any atom is -0.497 e. The zero-order valence-electron chi connectivity index (χ0n) is 24.1. The molecule has 0 aliphatic carbocycles. The molecule has 1 N–H and O–H groups in total. The van der Waals surface area contributed by atoms with Gasteiger partial charge in [-0.05, 0) is 24.5 Å². The van der Waals surface area contributed by atoms with Crippen LogP contribution in [-0.2, 0) is 19.1 Å². The smallest absolute Gasteiger partial charge is 0.338 e. The van der Waals surface area contributed by atoms with Crippen LogP contribution < -0.4 is 14.8 Å². The van der Waals surface area contributed by atoms with Crippen LogP contribution >= 0.6 is 11.8 Å². The summed E-state index contributed by atoms with van der Waals surface area (Å²) in [6, 6.07) is 14.4. The molecule has 3 aliphatic heterocycles. The average molecular weight is 593 g/mol. The van der Waals surface area contributed by atoms with Gasteiger partial charge in [0.25, 0.3) is 0 Å². The highest BCUT2D eigenvalue weighted by Crippen LogP contribution is 2.49. The Kier molecular flexibility index (Phi) is 9.83. The molecule has 1 fully saturated rings. The van der Waals surface area contributed by atoms with Crippen LogP contribution in [0.1, 0.15) is 30.5 Å². The van der Waals surface area contributed by atoms with Crippen molar-refractivity contribution in [3.63, 3.8) is 0 Å². The Morgan fingerprint density at radius 2 is 1.88 bits per heavy atom. The number of methoxy groups -OCH3 is 2. The molecule has 0 saturated carbocycles. The first-order valence-corrected chi connectivity index (χ1v) is 14.9. The van der Waals surface area contributed by atoms with Crippen molar-refractivity contribution in [3.8, 4) is 11.5 Å². The fourth-order valence-electron chi connectivity index (χ4n) is 5.23. The molecule has 1 atom stereocenters. The number of amides is 1. The number of nitrogens with one attached hydrogen (secondary N) is 1. The number of amidine groups is 1. The lowest BCUT2D eigenvalue weighted by molar-refractivity contribution is -0.139. The van der Waals surface area contributed by atoms with Gasteiger partial charge in [0, 0.05) is 49.1 Å². The summed E-state index contributed by atoms with van der Waals surface area (Å²) in [5, 5.41) is 5.65. The zero-order chi connectivity index (χ0) is 29.5. The molecule has 1 amide bonds. The van der Waals surface area contributed by atoms with Gasteiger partial charge in [-0.3, -0.25) is 9.69 Å². The first-order valence-electron chi connectivity index (χ1n) is 14.0. The van der Waals surface area contributed by atoms with E-state index < -0.39 is 12.0 Å². The van der Waals surface area contributed by atoms with Gasteiger partial charge in [0.05, 0.1) is 57.8 Å². The lowest BCUT2D eigenvalue weighted by atomic mass is 9.90. The minimum atomic E-state index is -0.657. The fourth-order valence-corrected chi connectivity index (χ4v) is 6.15. The van der Waals surface area contributed by atoms with Crippen molar-refractivity contribution in [1.29, 1.82) is 0 Å². The molecule has 2 aromatic rings. The molecule has 11 heteroatoms. The average Bonchev–Trinajstić information content (AvgIpc) is 3.42. The molecule has 5 rings (SSSR count). The summed E-state index contributed by atoms with van der Waals surface area (Å²) in [7, 11) is 3.17. The third-order valence-electron chi connectivity index (χ3n) is 7.28. The summed E-state index contributed by atoms with van der Waals surface area (Å²) in [4.78, 5) is 36.1. The largest absolute Gasteiger partial charge is 0.497 e. The lowest BCUT2D eigenvalue weighted by Crippen LogP contribution is -2.42. The van der Waals surface area contributed by atoms with Crippen molar-refractivity contribution < 1.29 is 28.5 Å². The van der Waals surface area contributed by atoms with Gasteiger partial charge in [-0.2, -0.15) is 0 Å². The van der Waals surface area contributed by atoms with Crippen LogP contribution in [0.15, 0.2) is 70.2 Å². The maximum absolute atomic E-state index is 13.7. The number of rotatable bonds is 11. The number of carbonyl (C=O) groups is 2. The highest BCUT2D eigenvalue weighted by atomic mass is 32.2. The molecule has 42 heavy (non-hydrogen) atoms. The van der Waals surface area contributed by atoms with E-state index in [4.69, 9.17) is 23.9 Å². The molecule has 0 bridgehead atoms. The van der Waals surface area contributed by atoms with Gasteiger partial charge >= 0.3 is 5.97 Å². The van der Waals surface area contributed by atoms with Gasteiger partial charge in [-0.15, -0.1) is 0 Å². The standard InChI is InChI=1S/C31H36N4O6S/c1-4-41-30(37)27-28(21-8-6-5-7-9-21)33-31-35(29(27)24-11-10-23(38-2)19-25(24)39-3)22(20-42-31)18-26(36)32-12-13-34-14-16-40-17-15-34/h5-11,19-20,29H,4,12-18H2,1-3H3,(H,32,36)/t29-/m1/s1. The van der Waals surface area contributed by atoms with Gasteiger partial charge in [-0.1, -0.05) is 42.1 Å². The molecule has 222 valence electrons. The van der Waals surface area contributed by atoms with E-state index in [0.717, 1.165) is 36.5 Å². The molecule has 0 aromatic heterocycles. The topological polar surface area (TPSA) is 102 Å². The van der Waals surface area contributed by atoms with Gasteiger partial charge in [0.15, 0.2) is 5.17 Å². The van der Waals surface area contributed by atoms with Crippen molar-refractivity contribution in [2.24, 2.45) is 4.99 Å². The van der Waals surface area contributed by atoms with Crippen molar-refractivity contribution in [2.45, 2.75) is 19.4 Å². The third kappa shape index (κ3) is 6.48. The molecule has 3 aliphatic rings. The number of hydrogen-bond donors (Lipinski definition) is 1. The number of nitrogens with zero attached hydrogens (tertiary/aromatic N) is 3. The van der Waals surface area contributed by atoms with E-state index in [1.807, 2.05) is 52.8 Å². The van der Waals surface area contributed by atoms with E-state index in [2.05, 4.69) is 10.2 Å². The number of ether oxygens (including phenoxy) is 4. The molecule has 0 unspecified atom stereocenters. The number of esters is 1. The molecule has 2 aromatic carbocycles. The Hall–Kier alpha value is -3.80. The predicted octanol–water partition coefficient (Wildman–Crippen LogP) is 3.82. The maximum Gasteiger partial charge on any atom is 0.338 e. The normalized spacial score (nSPS) is 18.6. The number of fused-ring (bicyclic) bond motifs is 1. The van der Waals surface area contributed by atoms with Crippen molar-refractivity contribution >= 4 is 34.5 Å². The van der Waals surface area contributed by atoms with Crippen molar-refractivity contribution in [2.75, 3.05) is 60.2 Å². The SMILES string of the molecule is CCOC(=O)C1=C(c2ccccc2)N=C2SC=C(CC(=O)NCCN3CCOCC3)N2[C@@H]1c1ccc(OC)cc1OC. The lowest BCUT2D eigenvalue weighted by Gasteiger charge is -2.37. The van der Waals surface area contributed by atoms with Gasteiger partial charge in [0.2, 0.25) is 5.91 Å². The molecular weight excluding hydrogens is 556 g/mol. The van der Waals surface area contributed by atoms with Crippen LogP contribution in [0.25, 0.3) is 5.70 Å². The van der Waals surface area contributed by atoms with Crippen LogP contribution in [0, 0.1) is 0 Å². The van der Waals surface area contributed by atoms with E-state index >= 15 is 0 Å². The van der Waals surface area contributed by atoms with Gasteiger partial charge in [-0.25, -0.2) is 9.79 Å². The Morgan fingerprint density at radius 1 is 1.10 bits per heavy atom. The van der Waals surface area contributed by atoms with Crippen molar-refractivity contribution in [1.82, 2.24) is 15.1 Å². The first kappa shape index (κ1) is 29.7. The van der Waals surface area contributed by atoms with Crippen molar-refractivity contribution in [3.05, 3.63) is 76.3 Å². The third-order valence-corrected chi connectivity index (χ3v) is 8.17. The van der Waals surface area contributed by atoms with E-state index in [1.165, 1.54) is 11.8 Å². The van der Waals surface area contributed by atoms with Gasteiger partial charge < -0.3 is 29.2 Å². The highest BCUT2D eigenvalue weighted by Gasteiger charge is 2.43. The number of benzene rings is 2. The minimum absolute atomic E-state index is 0.104. The van der Waals surface area contributed by atoms with Crippen LogP contribution in [0.5, 0.6) is 11.5 Å². The summed E-state index contributed by atoms with van der Waals surface area (Å²) in [6.07, 6.45) is 0.126. The Bertz CT molecular complexity index is 1390. The van der Waals surface area contributed by atoms with Crippen LogP contribution in [-0.4, -0.2) is 87.1 Å². The van der Waals surface area contributed by atoms with E-state index in [1.54, 1.807) is 27.2 Å². The summed E-state index contributed by atoms with van der Waals surface area (Å²) in [5.74, 6) is 0.582. The summed E-state index contributed by atoms with van der Waals surface area (Å²) >= 11 is 1.43. The van der Waals surface area contributed by atoms with Crippen LogP contribution in [0.2, 0.25) is 0 Å². The van der Waals surface area contributed by atoms with E-state index in [-0.39, 0.29) is 18.9 Å². The maximum atomic E-state index is 13.7. The second kappa shape index (κ2) is 13.9. The van der Waals surface area contributed by atoms with Gasteiger partial charge in [0.1, 0.15) is 11.5 Å². The molecule has 10 nitrogen and oxygen atoms in total. The number of aliphatic imine (C=N–C) groups is 1. The van der Waals surface area contributed by atoms with E-state index in [0.29, 0.717) is 47.7 Å². The number of hydrogen-bond acceptors (Lipinski definition) is 10. The summed E-state index contributed by atoms with van der Waals surface area (Å²) < 4.78 is 22.3. The molecule has 3 heterocycles.